The van der Waals surface area contributed by atoms with Crippen LogP contribution in [-0.2, 0) is 0 Å². The topological polar surface area (TPSA) is 41.0 Å². The van der Waals surface area contributed by atoms with Crippen LogP contribution in [0.15, 0.2) is 42.7 Å². The minimum atomic E-state index is 0.474. The summed E-state index contributed by atoms with van der Waals surface area (Å²) in [6.07, 6.45) is 4.04. The van der Waals surface area contributed by atoms with Gasteiger partial charge in [0.2, 0.25) is 0 Å². The molecule has 104 valence electrons. The van der Waals surface area contributed by atoms with Gasteiger partial charge in [0.05, 0.1) is 0 Å². The molecule has 1 aliphatic heterocycles. The first-order chi connectivity index (χ1) is 9.81. The van der Waals surface area contributed by atoms with Crippen LogP contribution in [0.25, 0.3) is 0 Å². The van der Waals surface area contributed by atoms with E-state index in [1.54, 1.807) is 6.33 Å². The van der Waals surface area contributed by atoms with Gasteiger partial charge >= 0.3 is 0 Å². The van der Waals surface area contributed by atoms with Crippen LogP contribution >= 0.6 is 0 Å². The highest BCUT2D eigenvalue weighted by atomic mass is 15.2. The van der Waals surface area contributed by atoms with Gasteiger partial charge in [0.25, 0.3) is 0 Å². The highest BCUT2D eigenvalue weighted by molar-refractivity contribution is 5.45. The molecule has 1 saturated heterocycles. The molecule has 1 aromatic carbocycles. The first kappa shape index (κ1) is 12.9. The van der Waals surface area contributed by atoms with E-state index >= 15 is 0 Å². The molecule has 0 radical (unpaired) electrons. The largest absolute Gasteiger partial charge is 0.381 e. The molecule has 0 amide bonds. The van der Waals surface area contributed by atoms with Gasteiger partial charge in [0.15, 0.2) is 0 Å². The van der Waals surface area contributed by atoms with Gasteiger partial charge in [-0.05, 0) is 31.9 Å². The first-order valence-corrected chi connectivity index (χ1v) is 7.16. The second-order valence-corrected chi connectivity index (χ2v) is 5.31. The molecule has 0 spiro atoms. The Labute approximate surface area is 119 Å². The average molecular weight is 268 g/mol. The minimum absolute atomic E-state index is 0.474. The predicted octanol–water partition coefficient (Wildman–Crippen LogP) is 2.87. The summed E-state index contributed by atoms with van der Waals surface area (Å²) >= 11 is 0. The molecule has 2 heterocycles. The van der Waals surface area contributed by atoms with Gasteiger partial charge in [-0.25, -0.2) is 9.97 Å². The van der Waals surface area contributed by atoms with Gasteiger partial charge in [0, 0.05) is 36.6 Å². The molecule has 2 aromatic rings. The molecule has 0 bridgehead atoms. The lowest BCUT2D eigenvalue weighted by Gasteiger charge is -2.34. The fourth-order valence-electron chi connectivity index (χ4n) is 2.69. The summed E-state index contributed by atoms with van der Waals surface area (Å²) in [5.41, 5.74) is 2.21. The number of nitrogens with one attached hydrogen (secondary N) is 1. The number of rotatable bonds is 3. The maximum Gasteiger partial charge on any atom is 0.132 e. The average Bonchev–Trinajstić information content (AvgIpc) is 2.49. The Morgan fingerprint density at radius 3 is 2.85 bits per heavy atom. The van der Waals surface area contributed by atoms with Crippen LogP contribution in [0.2, 0.25) is 0 Å². The van der Waals surface area contributed by atoms with E-state index < -0.39 is 0 Å². The number of hydrogen-bond donors (Lipinski definition) is 1. The quantitative estimate of drug-likeness (QED) is 0.929. The lowest BCUT2D eigenvalue weighted by molar-refractivity contribution is 0.526. The maximum absolute atomic E-state index is 4.39. The number of para-hydroxylation sites is 1. The van der Waals surface area contributed by atoms with Crippen molar-refractivity contribution in [1.29, 1.82) is 0 Å². The molecule has 3 rings (SSSR count). The zero-order valence-corrected chi connectivity index (χ0v) is 11.8. The Hall–Kier alpha value is -2.10. The fourth-order valence-corrected chi connectivity index (χ4v) is 2.69. The lowest BCUT2D eigenvalue weighted by Crippen LogP contribution is -2.42. The van der Waals surface area contributed by atoms with Crippen LogP contribution in [0.5, 0.6) is 0 Å². The van der Waals surface area contributed by atoms with Crippen LogP contribution in [-0.4, -0.2) is 29.1 Å². The van der Waals surface area contributed by atoms with Crippen LogP contribution < -0.4 is 10.2 Å². The number of aromatic nitrogens is 2. The van der Waals surface area contributed by atoms with Crippen molar-refractivity contribution in [1.82, 2.24) is 9.97 Å². The first-order valence-electron chi connectivity index (χ1n) is 7.16. The third kappa shape index (κ3) is 3.07. The van der Waals surface area contributed by atoms with E-state index in [0.717, 1.165) is 24.6 Å². The Morgan fingerprint density at radius 2 is 2.05 bits per heavy atom. The molecule has 1 atom stereocenters. The summed E-state index contributed by atoms with van der Waals surface area (Å²) in [7, 11) is 0. The third-order valence-corrected chi connectivity index (χ3v) is 3.68. The Balaban J connectivity index is 1.67. The van der Waals surface area contributed by atoms with E-state index in [1.807, 2.05) is 13.0 Å². The molecule has 0 saturated carbocycles. The molecule has 1 aromatic heterocycles. The van der Waals surface area contributed by atoms with Crippen LogP contribution in [0, 0.1) is 6.92 Å². The predicted molar refractivity (Wildman–Crippen MR) is 82.1 cm³/mol. The Kier molecular flexibility index (Phi) is 3.81. The molecular formula is C16H20N4. The molecule has 0 aliphatic carbocycles. The molecule has 1 fully saturated rings. The van der Waals surface area contributed by atoms with Gasteiger partial charge in [-0.15, -0.1) is 0 Å². The number of benzene rings is 1. The molecule has 1 unspecified atom stereocenters. The second-order valence-electron chi connectivity index (χ2n) is 5.31. The molecule has 4 nitrogen and oxygen atoms in total. The van der Waals surface area contributed by atoms with E-state index in [9.17, 15) is 0 Å². The van der Waals surface area contributed by atoms with Crippen molar-refractivity contribution < 1.29 is 0 Å². The lowest BCUT2D eigenvalue weighted by atomic mass is 10.1. The van der Waals surface area contributed by atoms with Crippen molar-refractivity contribution in [2.75, 3.05) is 23.3 Å². The number of piperidine rings is 1. The highest BCUT2D eigenvalue weighted by Gasteiger charge is 2.20. The minimum Gasteiger partial charge on any atom is -0.381 e. The van der Waals surface area contributed by atoms with Crippen molar-refractivity contribution in [2.45, 2.75) is 25.8 Å². The summed E-state index contributed by atoms with van der Waals surface area (Å²) in [5.74, 6) is 1.04. The molecular weight excluding hydrogens is 248 g/mol. The van der Waals surface area contributed by atoms with Crippen molar-refractivity contribution in [3.05, 3.63) is 48.4 Å². The van der Waals surface area contributed by atoms with E-state index in [0.29, 0.717) is 6.04 Å². The van der Waals surface area contributed by atoms with Crippen molar-refractivity contribution >= 4 is 11.5 Å². The summed E-state index contributed by atoms with van der Waals surface area (Å²) in [6, 6.07) is 12.9. The standard InChI is InChI=1S/C16H20N4/c1-13-10-16(18-12-17-13)20-9-5-8-15(11-20)19-14-6-3-2-4-7-14/h2-4,6-7,10,12,15,19H,5,8-9,11H2,1H3. The molecule has 20 heavy (non-hydrogen) atoms. The fraction of sp³-hybridized carbons (Fsp3) is 0.375. The molecule has 1 N–H and O–H groups in total. The van der Waals surface area contributed by atoms with E-state index in [-0.39, 0.29) is 0 Å². The summed E-state index contributed by atoms with van der Waals surface area (Å²) in [5, 5.41) is 3.61. The van der Waals surface area contributed by atoms with E-state index in [1.165, 1.54) is 18.5 Å². The van der Waals surface area contributed by atoms with Crippen molar-refractivity contribution in [3.63, 3.8) is 0 Å². The van der Waals surface area contributed by atoms with Crippen molar-refractivity contribution in [2.24, 2.45) is 0 Å². The molecule has 1 aliphatic rings. The highest BCUT2D eigenvalue weighted by Crippen LogP contribution is 2.20. The van der Waals surface area contributed by atoms with E-state index in [2.05, 4.69) is 50.5 Å². The summed E-state index contributed by atoms with van der Waals surface area (Å²) < 4.78 is 0. The smallest absolute Gasteiger partial charge is 0.132 e. The number of nitrogens with zero attached hydrogens (tertiary/aromatic N) is 3. The number of aryl methyl sites for hydroxylation is 1. The third-order valence-electron chi connectivity index (χ3n) is 3.68. The van der Waals surface area contributed by atoms with Crippen LogP contribution in [0.3, 0.4) is 0 Å². The zero-order chi connectivity index (χ0) is 13.8. The maximum atomic E-state index is 4.39. The SMILES string of the molecule is Cc1cc(N2CCCC(Nc3ccccc3)C2)ncn1. The second kappa shape index (κ2) is 5.90. The van der Waals surface area contributed by atoms with Gasteiger partial charge < -0.3 is 10.2 Å². The summed E-state index contributed by atoms with van der Waals surface area (Å²) in [4.78, 5) is 10.9. The monoisotopic (exact) mass is 268 g/mol. The van der Waals surface area contributed by atoms with Crippen LogP contribution in [0.1, 0.15) is 18.5 Å². The Morgan fingerprint density at radius 1 is 1.20 bits per heavy atom. The van der Waals surface area contributed by atoms with Gasteiger partial charge in [0.1, 0.15) is 12.1 Å². The van der Waals surface area contributed by atoms with Gasteiger partial charge in [-0.3, -0.25) is 0 Å². The number of hydrogen-bond acceptors (Lipinski definition) is 4. The normalized spacial score (nSPS) is 18.9. The zero-order valence-electron chi connectivity index (χ0n) is 11.8. The van der Waals surface area contributed by atoms with Gasteiger partial charge in [-0.1, -0.05) is 18.2 Å². The van der Waals surface area contributed by atoms with E-state index in [4.69, 9.17) is 0 Å². The number of anilines is 2. The summed E-state index contributed by atoms with van der Waals surface area (Å²) in [6.45, 7) is 4.07. The molecule has 4 heteroatoms. The van der Waals surface area contributed by atoms with Crippen LogP contribution in [0.4, 0.5) is 11.5 Å². The van der Waals surface area contributed by atoms with Gasteiger partial charge in [-0.2, -0.15) is 0 Å². The van der Waals surface area contributed by atoms with Crippen molar-refractivity contribution in [3.8, 4) is 0 Å². The Bertz CT molecular complexity index is 555.